The smallest absolute Gasteiger partial charge is 0.326 e. The molecular weight excluding hydrogens is 426 g/mol. The Kier molecular flexibility index (Phi) is 11.1. The highest BCUT2D eigenvalue weighted by Gasteiger charge is 2.24. The first-order valence-corrected chi connectivity index (χ1v) is 10.1. The highest BCUT2D eigenvalue weighted by Crippen LogP contribution is 2.02. The fourth-order valence-electron chi connectivity index (χ4n) is 2.51. The molecule has 0 saturated heterocycles. The van der Waals surface area contributed by atoms with Crippen molar-refractivity contribution in [3.63, 3.8) is 0 Å². The molecule has 0 spiro atoms. The first-order valence-electron chi connectivity index (χ1n) is 9.43. The zero-order valence-electron chi connectivity index (χ0n) is 16.7. The molecule has 12 heteroatoms. The van der Waals surface area contributed by atoms with Gasteiger partial charge in [0.05, 0.1) is 12.6 Å². The van der Waals surface area contributed by atoms with Crippen molar-refractivity contribution in [2.45, 2.75) is 37.4 Å². The first kappa shape index (κ1) is 25.9. The third-order valence-corrected chi connectivity index (χ3v) is 4.55. The van der Waals surface area contributed by atoms with Gasteiger partial charge in [0.2, 0.25) is 23.6 Å². The average Bonchev–Trinajstić information content (AvgIpc) is 2.73. The van der Waals surface area contributed by atoms with Gasteiger partial charge in [0.15, 0.2) is 0 Å². The number of primary amides is 1. The molecule has 31 heavy (non-hydrogen) atoms. The topological polar surface area (TPSA) is 194 Å². The maximum absolute atomic E-state index is 12.3. The summed E-state index contributed by atoms with van der Waals surface area (Å²) in [5.74, 6) is -4.11. The van der Waals surface area contributed by atoms with Crippen LogP contribution in [0, 0.1) is 0 Å². The predicted octanol–water partition coefficient (Wildman–Crippen LogP) is -2.08. The van der Waals surface area contributed by atoms with Gasteiger partial charge < -0.3 is 32.5 Å². The second kappa shape index (κ2) is 13.2. The molecule has 170 valence electrons. The number of amides is 4. The van der Waals surface area contributed by atoms with Crippen LogP contribution in [0.5, 0.6) is 0 Å². The molecule has 0 aromatic heterocycles. The van der Waals surface area contributed by atoms with E-state index in [9.17, 15) is 24.0 Å². The van der Waals surface area contributed by atoms with Gasteiger partial charge in [-0.3, -0.25) is 19.2 Å². The standard InChI is InChI=1S/C19H27N5O6S/c20-12(8-11-4-2-1-3-5-11)17(27)24-14(10-31)18(28)22-9-16(26)23-13(19(29)30)6-7-15(21)25/h1-5,12-14,31H,6-10,20H2,(H2,21,25)(H,22,28)(H,23,26)(H,24,27)(H,29,30). The van der Waals surface area contributed by atoms with Crippen molar-refractivity contribution < 1.29 is 29.1 Å². The van der Waals surface area contributed by atoms with Crippen LogP contribution in [0.4, 0.5) is 0 Å². The number of benzene rings is 1. The Morgan fingerprint density at radius 2 is 1.65 bits per heavy atom. The van der Waals surface area contributed by atoms with Crippen LogP contribution < -0.4 is 27.4 Å². The van der Waals surface area contributed by atoms with Gasteiger partial charge in [-0.25, -0.2) is 4.79 Å². The Bertz CT molecular complexity index is 791. The molecule has 0 aliphatic rings. The van der Waals surface area contributed by atoms with E-state index in [1.807, 2.05) is 30.3 Å². The van der Waals surface area contributed by atoms with Gasteiger partial charge in [0.25, 0.3) is 0 Å². The van der Waals surface area contributed by atoms with Crippen LogP contribution in [0.1, 0.15) is 18.4 Å². The Morgan fingerprint density at radius 3 is 2.19 bits per heavy atom. The Balaban J connectivity index is 2.52. The quantitative estimate of drug-likeness (QED) is 0.166. The molecule has 1 rings (SSSR count). The third-order valence-electron chi connectivity index (χ3n) is 4.19. The number of rotatable bonds is 13. The molecule has 0 radical (unpaired) electrons. The van der Waals surface area contributed by atoms with Crippen molar-refractivity contribution in [1.29, 1.82) is 0 Å². The van der Waals surface area contributed by atoms with E-state index in [1.54, 1.807) is 0 Å². The number of carbonyl (C=O) groups excluding carboxylic acids is 4. The van der Waals surface area contributed by atoms with Crippen LogP contribution in [0.2, 0.25) is 0 Å². The van der Waals surface area contributed by atoms with Crippen LogP contribution in [0.15, 0.2) is 30.3 Å². The van der Waals surface area contributed by atoms with Gasteiger partial charge in [-0.2, -0.15) is 12.6 Å². The fourth-order valence-corrected chi connectivity index (χ4v) is 2.77. The minimum atomic E-state index is -1.34. The minimum absolute atomic E-state index is 0.0480. The summed E-state index contributed by atoms with van der Waals surface area (Å²) in [6, 6.07) is 5.86. The van der Waals surface area contributed by atoms with Crippen molar-refractivity contribution in [1.82, 2.24) is 16.0 Å². The maximum Gasteiger partial charge on any atom is 0.326 e. The molecule has 1 aromatic carbocycles. The Hall–Kier alpha value is -3.12. The normalized spacial score (nSPS) is 13.4. The van der Waals surface area contributed by atoms with Crippen LogP contribution in [-0.4, -0.2) is 65.1 Å². The van der Waals surface area contributed by atoms with Crippen molar-refractivity contribution in [2.24, 2.45) is 11.5 Å². The summed E-state index contributed by atoms with van der Waals surface area (Å²) in [6.07, 6.45) is -0.128. The lowest BCUT2D eigenvalue weighted by Gasteiger charge is -2.19. The highest BCUT2D eigenvalue weighted by molar-refractivity contribution is 7.80. The Morgan fingerprint density at radius 1 is 1.00 bits per heavy atom. The summed E-state index contributed by atoms with van der Waals surface area (Å²) in [7, 11) is 0. The second-order valence-electron chi connectivity index (χ2n) is 6.72. The molecule has 0 saturated carbocycles. The average molecular weight is 454 g/mol. The summed E-state index contributed by atoms with van der Waals surface area (Å²) in [5.41, 5.74) is 11.7. The molecule has 0 bridgehead atoms. The van der Waals surface area contributed by atoms with Crippen LogP contribution in [-0.2, 0) is 30.4 Å². The monoisotopic (exact) mass is 453 g/mol. The lowest BCUT2D eigenvalue weighted by Crippen LogP contribution is -2.54. The summed E-state index contributed by atoms with van der Waals surface area (Å²) in [5, 5.41) is 16.0. The minimum Gasteiger partial charge on any atom is -0.480 e. The number of carboxylic acids is 1. The van der Waals surface area contributed by atoms with Crippen molar-refractivity contribution >= 4 is 42.2 Å². The fraction of sp³-hybridized carbons (Fsp3) is 0.421. The van der Waals surface area contributed by atoms with Crippen LogP contribution >= 0.6 is 12.6 Å². The number of carbonyl (C=O) groups is 5. The number of hydrogen-bond acceptors (Lipinski definition) is 7. The summed E-state index contributed by atoms with van der Waals surface area (Å²) < 4.78 is 0. The summed E-state index contributed by atoms with van der Waals surface area (Å²) in [6.45, 7) is -0.532. The second-order valence-corrected chi connectivity index (χ2v) is 7.09. The number of nitrogens with one attached hydrogen (secondary N) is 3. The lowest BCUT2D eigenvalue weighted by atomic mass is 10.1. The van der Waals surface area contributed by atoms with Gasteiger partial charge >= 0.3 is 5.97 Å². The molecule has 8 N–H and O–H groups in total. The predicted molar refractivity (Wildman–Crippen MR) is 115 cm³/mol. The molecule has 11 nitrogen and oxygen atoms in total. The van der Waals surface area contributed by atoms with Gasteiger partial charge in [0.1, 0.15) is 12.1 Å². The largest absolute Gasteiger partial charge is 0.480 e. The third kappa shape index (κ3) is 9.96. The van der Waals surface area contributed by atoms with E-state index in [1.165, 1.54) is 0 Å². The van der Waals surface area contributed by atoms with E-state index < -0.39 is 54.3 Å². The van der Waals surface area contributed by atoms with E-state index in [-0.39, 0.29) is 25.0 Å². The summed E-state index contributed by atoms with van der Waals surface area (Å²) >= 11 is 4.03. The number of hydrogen-bond donors (Lipinski definition) is 7. The van der Waals surface area contributed by atoms with E-state index in [4.69, 9.17) is 16.6 Å². The van der Waals surface area contributed by atoms with E-state index >= 15 is 0 Å². The van der Waals surface area contributed by atoms with E-state index in [0.29, 0.717) is 0 Å². The number of carboxylic acid groups (broad SMARTS) is 1. The zero-order valence-corrected chi connectivity index (χ0v) is 17.6. The van der Waals surface area contributed by atoms with Gasteiger partial charge in [0, 0.05) is 12.2 Å². The van der Waals surface area contributed by atoms with Crippen LogP contribution in [0.3, 0.4) is 0 Å². The molecule has 1 aromatic rings. The molecule has 0 aliphatic carbocycles. The van der Waals surface area contributed by atoms with Gasteiger partial charge in [-0.15, -0.1) is 0 Å². The number of aliphatic carboxylic acids is 1. The number of nitrogens with two attached hydrogens (primary N) is 2. The van der Waals surface area contributed by atoms with Crippen LogP contribution in [0.25, 0.3) is 0 Å². The first-order chi connectivity index (χ1) is 14.6. The maximum atomic E-state index is 12.3. The molecule has 3 unspecified atom stereocenters. The molecule has 0 fully saturated rings. The van der Waals surface area contributed by atoms with Gasteiger partial charge in [-0.05, 0) is 18.4 Å². The van der Waals surface area contributed by atoms with E-state index in [2.05, 4.69) is 28.6 Å². The zero-order chi connectivity index (χ0) is 23.4. The van der Waals surface area contributed by atoms with Crippen molar-refractivity contribution in [3.8, 4) is 0 Å². The molecule has 3 atom stereocenters. The lowest BCUT2D eigenvalue weighted by molar-refractivity contribution is -0.142. The number of thiol groups is 1. The molecule has 0 heterocycles. The van der Waals surface area contributed by atoms with Crippen molar-refractivity contribution in [2.75, 3.05) is 12.3 Å². The molecule has 4 amide bonds. The molecular formula is C19H27N5O6S. The summed E-state index contributed by atoms with van der Waals surface area (Å²) in [4.78, 5) is 58.4. The highest BCUT2D eigenvalue weighted by atomic mass is 32.1. The van der Waals surface area contributed by atoms with Crippen molar-refractivity contribution in [3.05, 3.63) is 35.9 Å². The Labute approximate surface area is 184 Å². The molecule has 0 aliphatic heterocycles. The SMILES string of the molecule is NC(=O)CCC(NC(=O)CNC(=O)C(CS)NC(=O)C(N)Cc1ccccc1)C(=O)O. The van der Waals surface area contributed by atoms with Gasteiger partial charge in [-0.1, -0.05) is 30.3 Å². The van der Waals surface area contributed by atoms with E-state index in [0.717, 1.165) is 5.56 Å².